The molecule has 162 valence electrons. The van der Waals surface area contributed by atoms with Crippen LogP contribution in [0.25, 0.3) is 0 Å². The molecule has 0 bridgehead atoms. The lowest BCUT2D eigenvalue weighted by molar-refractivity contribution is -0.117. The standard InChI is InChI=1S/C23H23FN2O4S/c1-2-30-20-12-14-21(15-13-20)31(28,29)26-22(16-17-6-4-3-5-7-17)23(27)25-19-10-8-18(24)9-11-19/h3-15,22,26H,2,16H2,1H3,(H,25,27)/t22-/m0/s1. The lowest BCUT2D eigenvalue weighted by Crippen LogP contribution is -2.45. The Morgan fingerprint density at radius 3 is 2.23 bits per heavy atom. The van der Waals surface area contributed by atoms with Crippen LogP contribution in [0.15, 0.2) is 83.8 Å². The normalized spacial score (nSPS) is 12.2. The van der Waals surface area contributed by atoms with Gasteiger partial charge in [-0.1, -0.05) is 30.3 Å². The average Bonchev–Trinajstić information content (AvgIpc) is 2.76. The second-order valence-corrected chi connectivity index (χ2v) is 8.48. The molecule has 0 saturated carbocycles. The van der Waals surface area contributed by atoms with Gasteiger partial charge in [-0.3, -0.25) is 4.79 Å². The van der Waals surface area contributed by atoms with Gasteiger partial charge in [0.15, 0.2) is 0 Å². The molecule has 0 unspecified atom stereocenters. The smallest absolute Gasteiger partial charge is 0.242 e. The van der Waals surface area contributed by atoms with Crippen LogP contribution in [0.5, 0.6) is 5.75 Å². The minimum atomic E-state index is -3.98. The molecule has 0 aliphatic carbocycles. The van der Waals surface area contributed by atoms with Gasteiger partial charge >= 0.3 is 0 Å². The number of nitrogens with one attached hydrogen (secondary N) is 2. The molecule has 31 heavy (non-hydrogen) atoms. The SMILES string of the molecule is CCOc1ccc(S(=O)(=O)N[C@@H](Cc2ccccc2)C(=O)Nc2ccc(F)cc2)cc1. The Morgan fingerprint density at radius 2 is 1.61 bits per heavy atom. The molecule has 6 nitrogen and oxygen atoms in total. The topological polar surface area (TPSA) is 84.5 Å². The molecule has 3 aromatic carbocycles. The van der Waals surface area contributed by atoms with Crippen LogP contribution in [0.1, 0.15) is 12.5 Å². The molecule has 0 aliphatic rings. The first-order chi connectivity index (χ1) is 14.9. The zero-order valence-electron chi connectivity index (χ0n) is 16.9. The van der Waals surface area contributed by atoms with E-state index in [0.717, 1.165) is 5.56 Å². The van der Waals surface area contributed by atoms with Crippen LogP contribution in [0, 0.1) is 5.82 Å². The van der Waals surface area contributed by atoms with Gasteiger partial charge in [-0.2, -0.15) is 4.72 Å². The average molecular weight is 443 g/mol. The molecule has 1 atom stereocenters. The van der Waals surface area contributed by atoms with Gasteiger partial charge in [-0.15, -0.1) is 0 Å². The number of carbonyl (C=O) groups excluding carboxylic acids is 1. The fourth-order valence-electron chi connectivity index (χ4n) is 2.94. The second kappa shape index (κ2) is 10.2. The summed E-state index contributed by atoms with van der Waals surface area (Å²) in [6.45, 7) is 2.30. The van der Waals surface area contributed by atoms with Crippen molar-refractivity contribution in [1.29, 1.82) is 0 Å². The lowest BCUT2D eigenvalue weighted by atomic mass is 10.1. The van der Waals surface area contributed by atoms with Crippen LogP contribution in [-0.4, -0.2) is 27.0 Å². The third-order valence-electron chi connectivity index (χ3n) is 4.45. The summed E-state index contributed by atoms with van der Waals surface area (Å²) < 4.78 is 46.8. The van der Waals surface area contributed by atoms with Gasteiger partial charge in [-0.05, 0) is 67.4 Å². The summed E-state index contributed by atoms with van der Waals surface area (Å²) >= 11 is 0. The van der Waals surface area contributed by atoms with Crippen LogP contribution >= 0.6 is 0 Å². The van der Waals surface area contributed by atoms with E-state index in [1.807, 2.05) is 37.3 Å². The van der Waals surface area contributed by atoms with Crippen molar-refractivity contribution in [3.8, 4) is 5.75 Å². The number of amides is 1. The van der Waals surface area contributed by atoms with E-state index >= 15 is 0 Å². The highest BCUT2D eigenvalue weighted by Gasteiger charge is 2.26. The van der Waals surface area contributed by atoms with Gasteiger partial charge in [0.05, 0.1) is 11.5 Å². The van der Waals surface area contributed by atoms with Crippen molar-refractivity contribution in [2.24, 2.45) is 0 Å². The highest BCUT2D eigenvalue weighted by atomic mass is 32.2. The fourth-order valence-corrected chi connectivity index (χ4v) is 4.13. The number of benzene rings is 3. The van der Waals surface area contributed by atoms with E-state index in [1.54, 1.807) is 12.1 Å². The predicted octanol–water partition coefficient (Wildman–Crippen LogP) is 3.75. The Morgan fingerprint density at radius 1 is 0.968 bits per heavy atom. The number of hydrogen-bond acceptors (Lipinski definition) is 4. The lowest BCUT2D eigenvalue weighted by Gasteiger charge is -2.19. The summed E-state index contributed by atoms with van der Waals surface area (Å²) in [5, 5.41) is 2.64. The first-order valence-corrected chi connectivity index (χ1v) is 11.2. The highest BCUT2D eigenvalue weighted by molar-refractivity contribution is 7.89. The summed E-state index contributed by atoms with van der Waals surface area (Å²) in [6.07, 6.45) is 0.143. The van der Waals surface area contributed by atoms with Crippen LogP contribution < -0.4 is 14.8 Å². The Labute approximate surface area is 181 Å². The number of hydrogen-bond donors (Lipinski definition) is 2. The molecule has 0 radical (unpaired) electrons. The molecule has 2 N–H and O–H groups in total. The Hall–Kier alpha value is -3.23. The van der Waals surface area contributed by atoms with Crippen molar-refractivity contribution < 1.29 is 22.3 Å². The summed E-state index contributed by atoms with van der Waals surface area (Å²) in [4.78, 5) is 12.9. The van der Waals surface area contributed by atoms with Gasteiger partial charge in [0.1, 0.15) is 17.6 Å². The molecule has 0 saturated heterocycles. The zero-order chi connectivity index (χ0) is 22.3. The first-order valence-electron chi connectivity index (χ1n) is 9.73. The maximum atomic E-state index is 13.1. The molecular weight excluding hydrogens is 419 g/mol. The quantitative estimate of drug-likeness (QED) is 0.529. The third-order valence-corrected chi connectivity index (χ3v) is 5.94. The van der Waals surface area contributed by atoms with E-state index in [2.05, 4.69) is 10.0 Å². The van der Waals surface area contributed by atoms with Gasteiger partial charge in [0, 0.05) is 5.69 Å². The van der Waals surface area contributed by atoms with E-state index in [0.29, 0.717) is 18.0 Å². The Balaban J connectivity index is 1.82. The summed E-state index contributed by atoms with van der Waals surface area (Å²) in [6, 6.07) is 19.2. The second-order valence-electron chi connectivity index (χ2n) is 6.76. The fraction of sp³-hybridized carbons (Fsp3) is 0.174. The third kappa shape index (κ3) is 6.37. The highest BCUT2D eigenvalue weighted by Crippen LogP contribution is 2.17. The van der Waals surface area contributed by atoms with Crippen molar-refractivity contribution in [3.63, 3.8) is 0 Å². The summed E-state index contributed by atoms with van der Waals surface area (Å²) in [5.41, 5.74) is 1.15. The molecule has 8 heteroatoms. The number of carbonyl (C=O) groups is 1. The molecule has 0 aliphatic heterocycles. The van der Waals surface area contributed by atoms with Crippen LogP contribution in [0.4, 0.5) is 10.1 Å². The minimum Gasteiger partial charge on any atom is -0.494 e. The molecule has 3 aromatic rings. The van der Waals surface area contributed by atoms with Crippen LogP contribution in [0.3, 0.4) is 0 Å². The zero-order valence-corrected chi connectivity index (χ0v) is 17.7. The first kappa shape index (κ1) is 22.5. The van der Waals surface area contributed by atoms with Gasteiger partial charge in [0.25, 0.3) is 0 Å². The van der Waals surface area contributed by atoms with E-state index in [-0.39, 0.29) is 11.3 Å². The van der Waals surface area contributed by atoms with E-state index in [1.165, 1.54) is 36.4 Å². The monoisotopic (exact) mass is 442 g/mol. The van der Waals surface area contributed by atoms with Gasteiger partial charge in [0.2, 0.25) is 15.9 Å². The van der Waals surface area contributed by atoms with Gasteiger partial charge < -0.3 is 10.1 Å². The van der Waals surface area contributed by atoms with Crippen molar-refractivity contribution in [3.05, 3.63) is 90.2 Å². The maximum Gasteiger partial charge on any atom is 0.242 e. The number of rotatable bonds is 9. The van der Waals surface area contributed by atoms with Crippen molar-refractivity contribution in [2.75, 3.05) is 11.9 Å². The molecule has 0 fully saturated rings. The molecule has 0 spiro atoms. The molecule has 0 aromatic heterocycles. The molecular formula is C23H23FN2O4S. The summed E-state index contributed by atoms with van der Waals surface area (Å²) in [5.74, 6) is -0.434. The van der Waals surface area contributed by atoms with E-state index < -0.39 is 27.8 Å². The van der Waals surface area contributed by atoms with Gasteiger partial charge in [-0.25, -0.2) is 12.8 Å². The minimum absolute atomic E-state index is 0.0172. The van der Waals surface area contributed by atoms with Crippen molar-refractivity contribution in [1.82, 2.24) is 4.72 Å². The molecule has 0 heterocycles. The van der Waals surface area contributed by atoms with E-state index in [4.69, 9.17) is 4.74 Å². The van der Waals surface area contributed by atoms with Crippen LogP contribution in [-0.2, 0) is 21.2 Å². The van der Waals surface area contributed by atoms with Crippen LogP contribution in [0.2, 0.25) is 0 Å². The predicted molar refractivity (Wildman–Crippen MR) is 117 cm³/mol. The maximum absolute atomic E-state index is 13.1. The summed E-state index contributed by atoms with van der Waals surface area (Å²) in [7, 11) is -3.98. The number of anilines is 1. The number of halogens is 1. The van der Waals surface area contributed by atoms with E-state index in [9.17, 15) is 17.6 Å². The molecule has 1 amide bonds. The number of ether oxygens (including phenoxy) is 1. The van der Waals surface area contributed by atoms with Crippen molar-refractivity contribution >= 4 is 21.6 Å². The largest absolute Gasteiger partial charge is 0.494 e. The number of sulfonamides is 1. The van der Waals surface area contributed by atoms with Crippen molar-refractivity contribution in [2.45, 2.75) is 24.3 Å². The Kier molecular flexibility index (Phi) is 7.38. The Bertz CT molecular complexity index is 1100. The molecule has 3 rings (SSSR count).